The van der Waals surface area contributed by atoms with Crippen LogP contribution in [-0.2, 0) is 4.79 Å². The van der Waals surface area contributed by atoms with Crippen LogP contribution in [0.2, 0.25) is 10.0 Å². The Morgan fingerprint density at radius 1 is 1.05 bits per heavy atom. The molecule has 0 unspecified atom stereocenters. The van der Waals surface area contributed by atoms with Gasteiger partial charge in [-0.2, -0.15) is 0 Å². The molecule has 0 bridgehead atoms. The standard InChI is InChI=1S/C16H13Cl2NO/c1-11(20)16(12-5-3-2-4-6-12)10-19-15-8-13(17)7-14(18)9-15/h2-10,19H,1H3/b16-10-. The summed E-state index contributed by atoms with van der Waals surface area (Å²) in [5.41, 5.74) is 2.19. The predicted octanol–water partition coefficient (Wildman–Crippen LogP) is 5.04. The van der Waals surface area contributed by atoms with Crippen molar-refractivity contribution in [2.45, 2.75) is 6.92 Å². The molecule has 0 aliphatic rings. The zero-order chi connectivity index (χ0) is 14.5. The topological polar surface area (TPSA) is 29.1 Å². The highest BCUT2D eigenvalue weighted by Crippen LogP contribution is 2.23. The SMILES string of the molecule is CC(=O)/C(=C/Nc1cc(Cl)cc(Cl)c1)c1ccccc1. The molecule has 0 saturated carbocycles. The molecule has 0 spiro atoms. The molecular formula is C16H13Cl2NO. The maximum atomic E-state index is 11.7. The number of halogens is 2. The third-order valence-corrected chi connectivity index (χ3v) is 3.15. The molecule has 0 amide bonds. The lowest BCUT2D eigenvalue weighted by Crippen LogP contribution is -1.99. The van der Waals surface area contributed by atoms with E-state index < -0.39 is 0 Å². The first-order chi connectivity index (χ1) is 9.56. The second kappa shape index (κ2) is 6.60. The van der Waals surface area contributed by atoms with Crippen LogP contribution in [-0.4, -0.2) is 5.78 Å². The number of allylic oxidation sites excluding steroid dienone is 1. The Bertz CT molecular complexity index is 631. The fourth-order valence-corrected chi connectivity index (χ4v) is 2.32. The van der Waals surface area contributed by atoms with Gasteiger partial charge in [-0.15, -0.1) is 0 Å². The summed E-state index contributed by atoms with van der Waals surface area (Å²) in [6.45, 7) is 1.53. The number of rotatable bonds is 4. The third-order valence-electron chi connectivity index (χ3n) is 2.71. The normalized spacial score (nSPS) is 11.2. The highest BCUT2D eigenvalue weighted by molar-refractivity contribution is 6.35. The quantitative estimate of drug-likeness (QED) is 0.802. The van der Waals surface area contributed by atoms with Gasteiger partial charge in [0, 0.05) is 27.5 Å². The van der Waals surface area contributed by atoms with Crippen molar-refractivity contribution in [1.29, 1.82) is 0 Å². The second-order valence-electron chi connectivity index (χ2n) is 4.28. The lowest BCUT2D eigenvalue weighted by molar-refractivity contribution is -0.111. The number of ketones is 1. The first-order valence-electron chi connectivity index (χ1n) is 6.05. The Hall–Kier alpha value is -1.77. The van der Waals surface area contributed by atoms with E-state index in [4.69, 9.17) is 23.2 Å². The van der Waals surface area contributed by atoms with Crippen LogP contribution in [0.4, 0.5) is 5.69 Å². The summed E-state index contributed by atoms with van der Waals surface area (Å²) in [4.78, 5) is 11.7. The highest BCUT2D eigenvalue weighted by Gasteiger charge is 2.06. The summed E-state index contributed by atoms with van der Waals surface area (Å²) in [6, 6.07) is 14.6. The van der Waals surface area contributed by atoms with Gasteiger partial charge in [0.15, 0.2) is 5.78 Å². The fraction of sp³-hybridized carbons (Fsp3) is 0.0625. The van der Waals surface area contributed by atoms with Crippen molar-refractivity contribution < 1.29 is 4.79 Å². The van der Waals surface area contributed by atoms with E-state index >= 15 is 0 Å². The van der Waals surface area contributed by atoms with Crippen LogP contribution in [0.5, 0.6) is 0 Å². The molecule has 0 fully saturated rings. The van der Waals surface area contributed by atoms with Gasteiger partial charge in [-0.1, -0.05) is 53.5 Å². The molecule has 2 aromatic carbocycles. The van der Waals surface area contributed by atoms with Crippen LogP contribution >= 0.6 is 23.2 Å². The summed E-state index contributed by atoms with van der Waals surface area (Å²) in [5.74, 6) is -0.0168. The smallest absolute Gasteiger partial charge is 0.161 e. The van der Waals surface area contributed by atoms with Crippen LogP contribution in [0.1, 0.15) is 12.5 Å². The van der Waals surface area contributed by atoms with Crippen molar-refractivity contribution >= 4 is 40.2 Å². The monoisotopic (exact) mass is 305 g/mol. The van der Waals surface area contributed by atoms with Crippen LogP contribution < -0.4 is 5.32 Å². The molecule has 2 aromatic rings. The van der Waals surface area contributed by atoms with Crippen molar-refractivity contribution in [3.8, 4) is 0 Å². The summed E-state index contributed by atoms with van der Waals surface area (Å²) < 4.78 is 0. The van der Waals surface area contributed by atoms with Gasteiger partial charge in [0.2, 0.25) is 0 Å². The van der Waals surface area contributed by atoms with E-state index in [1.807, 2.05) is 30.3 Å². The van der Waals surface area contributed by atoms with Gasteiger partial charge >= 0.3 is 0 Å². The lowest BCUT2D eigenvalue weighted by atomic mass is 10.0. The number of hydrogen-bond acceptors (Lipinski definition) is 2. The summed E-state index contributed by atoms with van der Waals surface area (Å²) in [6.07, 6.45) is 1.67. The van der Waals surface area contributed by atoms with E-state index in [2.05, 4.69) is 5.32 Å². The van der Waals surface area contributed by atoms with Crippen molar-refractivity contribution in [3.63, 3.8) is 0 Å². The molecule has 0 atom stereocenters. The Balaban J connectivity index is 2.29. The molecule has 0 aliphatic heterocycles. The molecule has 0 aliphatic carbocycles. The maximum absolute atomic E-state index is 11.7. The second-order valence-corrected chi connectivity index (χ2v) is 5.16. The van der Waals surface area contributed by atoms with Crippen molar-refractivity contribution in [2.75, 3.05) is 5.32 Å². The Morgan fingerprint density at radius 3 is 2.20 bits per heavy atom. The Labute approximate surface area is 128 Å². The zero-order valence-electron chi connectivity index (χ0n) is 10.9. The van der Waals surface area contributed by atoms with Crippen molar-refractivity contribution in [1.82, 2.24) is 0 Å². The number of nitrogens with one attached hydrogen (secondary N) is 1. The predicted molar refractivity (Wildman–Crippen MR) is 85.2 cm³/mol. The van der Waals surface area contributed by atoms with E-state index in [-0.39, 0.29) is 5.78 Å². The molecule has 0 heterocycles. The maximum Gasteiger partial charge on any atom is 0.161 e. The average Bonchev–Trinajstić information content (AvgIpc) is 2.38. The average molecular weight is 306 g/mol. The van der Waals surface area contributed by atoms with E-state index in [0.717, 1.165) is 11.3 Å². The number of hydrogen-bond donors (Lipinski definition) is 1. The van der Waals surface area contributed by atoms with Gasteiger partial charge in [-0.3, -0.25) is 4.79 Å². The summed E-state index contributed by atoms with van der Waals surface area (Å²) >= 11 is 11.9. The van der Waals surface area contributed by atoms with Gasteiger partial charge < -0.3 is 5.32 Å². The molecule has 0 aromatic heterocycles. The molecule has 2 nitrogen and oxygen atoms in total. The minimum absolute atomic E-state index is 0.0168. The minimum Gasteiger partial charge on any atom is -0.361 e. The van der Waals surface area contributed by atoms with Gasteiger partial charge in [0.05, 0.1) is 0 Å². The van der Waals surface area contributed by atoms with E-state index in [1.165, 1.54) is 6.92 Å². The van der Waals surface area contributed by atoms with Crippen LogP contribution in [0.25, 0.3) is 5.57 Å². The lowest BCUT2D eigenvalue weighted by Gasteiger charge is -2.07. The number of Topliss-reactive ketones (excluding diaryl/α,β-unsaturated/α-hetero) is 1. The van der Waals surface area contributed by atoms with Gasteiger partial charge in [-0.25, -0.2) is 0 Å². The van der Waals surface area contributed by atoms with Gasteiger partial charge in [0.25, 0.3) is 0 Å². The van der Waals surface area contributed by atoms with E-state index in [1.54, 1.807) is 24.4 Å². The van der Waals surface area contributed by atoms with Gasteiger partial charge in [0.1, 0.15) is 0 Å². The van der Waals surface area contributed by atoms with Crippen LogP contribution in [0, 0.1) is 0 Å². The van der Waals surface area contributed by atoms with Crippen LogP contribution in [0.15, 0.2) is 54.7 Å². The molecule has 102 valence electrons. The van der Waals surface area contributed by atoms with Gasteiger partial charge in [-0.05, 0) is 30.7 Å². The van der Waals surface area contributed by atoms with Crippen LogP contribution in [0.3, 0.4) is 0 Å². The first kappa shape index (κ1) is 14.6. The molecule has 1 N–H and O–H groups in total. The highest BCUT2D eigenvalue weighted by atomic mass is 35.5. The summed E-state index contributed by atoms with van der Waals surface area (Å²) in [5, 5.41) is 4.13. The number of carbonyl (C=O) groups is 1. The third kappa shape index (κ3) is 3.86. The molecule has 4 heteroatoms. The van der Waals surface area contributed by atoms with Crippen molar-refractivity contribution in [3.05, 3.63) is 70.3 Å². The van der Waals surface area contributed by atoms with E-state index in [0.29, 0.717) is 15.6 Å². The minimum atomic E-state index is -0.0168. The first-order valence-corrected chi connectivity index (χ1v) is 6.81. The number of benzene rings is 2. The molecule has 20 heavy (non-hydrogen) atoms. The molecule has 0 saturated heterocycles. The fourth-order valence-electron chi connectivity index (χ4n) is 1.80. The largest absolute Gasteiger partial charge is 0.361 e. The van der Waals surface area contributed by atoms with Crippen molar-refractivity contribution in [2.24, 2.45) is 0 Å². The molecular weight excluding hydrogens is 293 g/mol. The number of carbonyl (C=O) groups excluding carboxylic acids is 1. The van der Waals surface area contributed by atoms with E-state index in [9.17, 15) is 4.79 Å². The Kier molecular flexibility index (Phi) is 4.83. The molecule has 2 rings (SSSR count). The molecule has 0 radical (unpaired) electrons. The Morgan fingerprint density at radius 2 is 1.65 bits per heavy atom. The number of anilines is 1. The zero-order valence-corrected chi connectivity index (χ0v) is 12.4. The summed E-state index contributed by atoms with van der Waals surface area (Å²) in [7, 11) is 0.